The molecule has 112 valence electrons. The molecule has 0 radical (unpaired) electrons. The predicted molar refractivity (Wildman–Crippen MR) is 80.9 cm³/mol. The van der Waals surface area contributed by atoms with Gasteiger partial charge in [-0.3, -0.25) is 0 Å². The summed E-state index contributed by atoms with van der Waals surface area (Å²) in [6.07, 6.45) is -1.83. The lowest BCUT2D eigenvalue weighted by Gasteiger charge is -2.12. The largest absolute Gasteiger partial charge is 0.494 e. The van der Waals surface area contributed by atoms with Crippen LogP contribution in [0.2, 0.25) is 0 Å². The molecular formula is C16H18F2N2O. The number of nitrogens with two attached hydrogens (primary N) is 1. The maximum atomic E-state index is 12.9. The van der Waals surface area contributed by atoms with Crippen molar-refractivity contribution in [1.82, 2.24) is 0 Å². The van der Waals surface area contributed by atoms with Gasteiger partial charge >= 0.3 is 0 Å². The smallest absolute Gasteiger partial charge is 0.265 e. The van der Waals surface area contributed by atoms with Gasteiger partial charge in [0.05, 0.1) is 6.61 Å². The van der Waals surface area contributed by atoms with Gasteiger partial charge in [-0.15, -0.1) is 0 Å². The second-order valence-electron chi connectivity index (χ2n) is 4.59. The van der Waals surface area contributed by atoms with Crippen LogP contribution in [0.5, 0.6) is 5.75 Å². The van der Waals surface area contributed by atoms with E-state index in [0.29, 0.717) is 30.9 Å². The molecule has 2 aromatic rings. The van der Waals surface area contributed by atoms with Gasteiger partial charge in [0.15, 0.2) is 0 Å². The molecule has 0 aliphatic carbocycles. The number of benzene rings is 2. The van der Waals surface area contributed by atoms with Crippen molar-refractivity contribution in [3.8, 4) is 5.75 Å². The minimum Gasteiger partial charge on any atom is -0.494 e. The number of anilines is 2. The summed E-state index contributed by atoms with van der Waals surface area (Å²) < 4.78 is 31.3. The molecule has 0 unspecified atom stereocenters. The third-order valence-corrected chi connectivity index (χ3v) is 2.96. The Kier molecular flexibility index (Phi) is 5.37. The van der Waals surface area contributed by atoms with Crippen LogP contribution >= 0.6 is 0 Å². The van der Waals surface area contributed by atoms with E-state index in [0.717, 1.165) is 5.75 Å². The van der Waals surface area contributed by atoms with Crippen LogP contribution in [-0.4, -0.2) is 13.2 Å². The van der Waals surface area contributed by atoms with E-state index in [1.807, 2.05) is 30.3 Å². The molecule has 0 spiro atoms. The molecule has 0 aliphatic rings. The standard InChI is InChI=1S/C16H18F2N2O/c17-16(18)14-11-12(19)7-8-15(14)20-9-4-10-21-13-5-2-1-3-6-13/h1-3,5-8,11,16,20H,4,9-10,19H2. The van der Waals surface area contributed by atoms with Crippen LogP contribution in [0.1, 0.15) is 18.4 Å². The molecule has 0 heterocycles. The quantitative estimate of drug-likeness (QED) is 0.597. The Morgan fingerprint density at radius 3 is 2.57 bits per heavy atom. The number of halogens is 2. The lowest BCUT2D eigenvalue weighted by atomic mass is 10.1. The summed E-state index contributed by atoms with van der Waals surface area (Å²) in [5, 5.41) is 2.99. The molecule has 0 saturated carbocycles. The second-order valence-corrected chi connectivity index (χ2v) is 4.59. The maximum absolute atomic E-state index is 12.9. The molecule has 21 heavy (non-hydrogen) atoms. The molecule has 0 aliphatic heterocycles. The van der Waals surface area contributed by atoms with Crippen LogP contribution in [0, 0.1) is 0 Å². The molecule has 0 bridgehead atoms. The molecule has 0 atom stereocenters. The summed E-state index contributed by atoms with van der Waals surface area (Å²) >= 11 is 0. The van der Waals surface area contributed by atoms with Crippen LogP contribution < -0.4 is 15.8 Å². The number of rotatable bonds is 7. The minimum absolute atomic E-state index is 0.0704. The summed E-state index contributed by atoms with van der Waals surface area (Å²) in [6.45, 7) is 1.08. The van der Waals surface area contributed by atoms with Crippen molar-refractivity contribution in [3.05, 3.63) is 54.1 Å². The zero-order valence-corrected chi connectivity index (χ0v) is 11.6. The number of hydrogen-bond acceptors (Lipinski definition) is 3. The fourth-order valence-corrected chi connectivity index (χ4v) is 1.92. The molecule has 2 aromatic carbocycles. The van der Waals surface area contributed by atoms with Crippen molar-refractivity contribution < 1.29 is 13.5 Å². The molecule has 0 saturated heterocycles. The topological polar surface area (TPSA) is 47.3 Å². The van der Waals surface area contributed by atoms with Gasteiger partial charge in [0.2, 0.25) is 0 Å². The van der Waals surface area contributed by atoms with Gasteiger partial charge in [-0.05, 0) is 36.8 Å². The predicted octanol–water partition coefficient (Wildman–Crippen LogP) is 4.09. The number of para-hydroxylation sites is 1. The normalized spacial score (nSPS) is 10.6. The molecule has 0 amide bonds. The Balaban J connectivity index is 1.78. The zero-order valence-electron chi connectivity index (χ0n) is 11.6. The van der Waals surface area contributed by atoms with Crippen LogP contribution in [-0.2, 0) is 0 Å². The molecule has 3 nitrogen and oxygen atoms in total. The first-order valence-corrected chi connectivity index (χ1v) is 6.76. The molecule has 5 heteroatoms. The average Bonchev–Trinajstić information content (AvgIpc) is 2.49. The highest BCUT2D eigenvalue weighted by Crippen LogP contribution is 2.28. The van der Waals surface area contributed by atoms with E-state index >= 15 is 0 Å². The molecular weight excluding hydrogens is 274 g/mol. The zero-order chi connectivity index (χ0) is 15.1. The van der Waals surface area contributed by atoms with Crippen LogP contribution in [0.3, 0.4) is 0 Å². The maximum Gasteiger partial charge on any atom is 0.265 e. The summed E-state index contributed by atoms with van der Waals surface area (Å²) in [7, 11) is 0. The summed E-state index contributed by atoms with van der Waals surface area (Å²) in [5.41, 5.74) is 6.21. The molecule has 2 rings (SSSR count). The van der Waals surface area contributed by atoms with Gasteiger partial charge in [-0.25, -0.2) is 8.78 Å². The van der Waals surface area contributed by atoms with E-state index in [-0.39, 0.29) is 5.56 Å². The van der Waals surface area contributed by atoms with Gasteiger partial charge < -0.3 is 15.8 Å². The lowest BCUT2D eigenvalue weighted by molar-refractivity contribution is 0.152. The number of nitrogens with one attached hydrogen (secondary N) is 1. The Labute approximate surface area is 122 Å². The minimum atomic E-state index is -2.54. The van der Waals surface area contributed by atoms with Gasteiger partial charge in [0.25, 0.3) is 6.43 Å². The fraction of sp³-hybridized carbons (Fsp3) is 0.250. The highest BCUT2D eigenvalue weighted by Gasteiger charge is 2.12. The van der Waals surface area contributed by atoms with E-state index in [2.05, 4.69) is 5.32 Å². The van der Waals surface area contributed by atoms with E-state index in [1.165, 1.54) is 6.07 Å². The van der Waals surface area contributed by atoms with Crippen LogP contribution in [0.25, 0.3) is 0 Å². The van der Waals surface area contributed by atoms with E-state index in [1.54, 1.807) is 12.1 Å². The fourth-order valence-electron chi connectivity index (χ4n) is 1.92. The van der Waals surface area contributed by atoms with Gasteiger partial charge in [0.1, 0.15) is 5.75 Å². The van der Waals surface area contributed by atoms with Gasteiger partial charge in [-0.2, -0.15) is 0 Å². The molecule has 0 aromatic heterocycles. The highest BCUT2D eigenvalue weighted by molar-refractivity contribution is 5.58. The highest BCUT2D eigenvalue weighted by atomic mass is 19.3. The summed E-state index contributed by atoms with van der Waals surface area (Å²) in [5.74, 6) is 0.804. The number of ether oxygens (including phenoxy) is 1. The van der Waals surface area contributed by atoms with Gasteiger partial charge in [-0.1, -0.05) is 18.2 Å². The number of alkyl halides is 2. The first-order chi connectivity index (χ1) is 10.2. The van der Waals surface area contributed by atoms with E-state index in [4.69, 9.17) is 10.5 Å². The van der Waals surface area contributed by atoms with Crippen molar-refractivity contribution in [3.63, 3.8) is 0 Å². The molecule has 0 fully saturated rings. The van der Waals surface area contributed by atoms with Crippen molar-refractivity contribution in [1.29, 1.82) is 0 Å². The van der Waals surface area contributed by atoms with E-state index in [9.17, 15) is 8.78 Å². The van der Waals surface area contributed by atoms with E-state index < -0.39 is 6.43 Å². The lowest BCUT2D eigenvalue weighted by Crippen LogP contribution is -2.09. The molecule has 3 N–H and O–H groups in total. The Hall–Kier alpha value is -2.30. The van der Waals surface area contributed by atoms with Crippen molar-refractivity contribution in [2.75, 3.05) is 24.2 Å². The monoisotopic (exact) mass is 292 g/mol. The second kappa shape index (κ2) is 7.47. The first kappa shape index (κ1) is 15.1. The average molecular weight is 292 g/mol. The number of hydrogen-bond donors (Lipinski definition) is 2. The Morgan fingerprint density at radius 1 is 1.10 bits per heavy atom. The van der Waals surface area contributed by atoms with Crippen molar-refractivity contribution in [2.45, 2.75) is 12.8 Å². The third-order valence-electron chi connectivity index (χ3n) is 2.96. The van der Waals surface area contributed by atoms with Crippen LogP contribution in [0.15, 0.2) is 48.5 Å². The third kappa shape index (κ3) is 4.63. The number of nitrogen functional groups attached to an aromatic ring is 1. The summed E-state index contributed by atoms with van der Waals surface area (Å²) in [6, 6.07) is 14.0. The van der Waals surface area contributed by atoms with Crippen LogP contribution in [0.4, 0.5) is 20.2 Å². The van der Waals surface area contributed by atoms with Crippen molar-refractivity contribution in [2.24, 2.45) is 0 Å². The van der Waals surface area contributed by atoms with Gasteiger partial charge in [0, 0.05) is 23.5 Å². The Bertz CT molecular complexity index is 561. The summed E-state index contributed by atoms with van der Waals surface area (Å²) in [4.78, 5) is 0. The first-order valence-electron chi connectivity index (χ1n) is 6.76. The van der Waals surface area contributed by atoms with Crippen molar-refractivity contribution >= 4 is 11.4 Å². The Morgan fingerprint density at radius 2 is 1.86 bits per heavy atom. The SMILES string of the molecule is Nc1ccc(NCCCOc2ccccc2)c(C(F)F)c1.